The summed E-state index contributed by atoms with van der Waals surface area (Å²) in [6.07, 6.45) is 2.54. The monoisotopic (exact) mass is 296 g/mol. The lowest BCUT2D eigenvalue weighted by molar-refractivity contribution is 0.0950. The van der Waals surface area contributed by atoms with Crippen molar-refractivity contribution in [3.05, 3.63) is 59.4 Å². The van der Waals surface area contributed by atoms with Crippen molar-refractivity contribution in [2.24, 2.45) is 5.92 Å². The lowest BCUT2D eigenvalue weighted by Gasteiger charge is -2.08. The number of pyridine rings is 1. The van der Waals surface area contributed by atoms with Crippen LogP contribution in [0, 0.1) is 12.8 Å². The number of hydrogen-bond donors (Lipinski definition) is 1. The van der Waals surface area contributed by atoms with Crippen LogP contribution in [0.5, 0.6) is 5.75 Å². The molecule has 1 aromatic carbocycles. The van der Waals surface area contributed by atoms with E-state index in [9.17, 15) is 4.79 Å². The molecule has 2 aromatic rings. The Labute approximate surface area is 130 Å². The fourth-order valence-electron chi connectivity index (χ4n) is 2.17. The van der Waals surface area contributed by atoms with Crippen LogP contribution in [0.3, 0.4) is 0 Å². The smallest absolute Gasteiger partial charge is 0.251 e. The molecule has 22 heavy (non-hydrogen) atoms. The normalized spacial score (nSPS) is 13.7. The Balaban J connectivity index is 1.52. The Kier molecular flexibility index (Phi) is 4.37. The summed E-state index contributed by atoms with van der Waals surface area (Å²) >= 11 is 0. The highest BCUT2D eigenvalue weighted by Crippen LogP contribution is 2.29. The van der Waals surface area contributed by atoms with Crippen LogP contribution < -0.4 is 10.1 Å². The SMILES string of the molecule is Cc1cccc(CNC(=O)c2ccc(OCC3CC3)cc2)n1. The van der Waals surface area contributed by atoms with Gasteiger partial charge in [0.2, 0.25) is 0 Å². The Morgan fingerprint density at radius 2 is 2.00 bits per heavy atom. The van der Waals surface area contributed by atoms with Gasteiger partial charge in [-0.2, -0.15) is 0 Å². The Bertz CT molecular complexity index is 648. The van der Waals surface area contributed by atoms with E-state index in [1.54, 1.807) is 12.1 Å². The van der Waals surface area contributed by atoms with E-state index in [2.05, 4.69) is 10.3 Å². The predicted octanol–water partition coefficient (Wildman–Crippen LogP) is 3.11. The molecule has 1 saturated carbocycles. The number of amides is 1. The number of ether oxygens (including phenoxy) is 1. The summed E-state index contributed by atoms with van der Waals surface area (Å²) < 4.78 is 5.67. The van der Waals surface area contributed by atoms with Crippen molar-refractivity contribution in [2.45, 2.75) is 26.3 Å². The molecule has 0 unspecified atom stereocenters. The van der Waals surface area contributed by atoms with E-state index < -0.39 is 0 Å². The fourth-order valence-corrected chi connectivity index (χ4v) is 2.17. The maximum absolute atomic E-state index is 12.1. The molecule has 0 spiro atoms. The van der Waals surface area contributed by atoms with Gasteiger partial charge >= 0.3 is 0 Å². The van der Waals surface area contributed by atoms with Crippen LogP contribution in [0.15, 0.2) is 42.5 Å². The van der Waals surface area contributed by atoms with Crippen LogP contribution in [-0.2, 0) is 6.54 Å². The summed E-state index contributed by atoms with van der Waals surface area (Å²) in [6, 6.07) is 13.1. The molecular formula is C18H20N2O2. The van der Waals surface area contributed by atoms with Crippen LogP contribution in [0.25, 0.3) is 0 Å². The summed E-state index contributed by atoms with van der Waals surface area (Å²) in [6.45, 7) is 3.15. The van der Waals surface area contributed by atoms with E-state index in [0.717, 1.165) is 29.7 Å². The molecule has 3 rings (SSSR count). The second kappa shape index (κ2) is 6.60. The lowest BCUT2D eigenvalue weighted by Crippen LogP contribution is -2.23. The quantitative estimate of drug-likeness (QED) is 0.891. The zero-order valence-corrected chi connectivity index (χ0v) is 12.7. The van der Waals surface area contributed by atoms with Gasteiger partial charge < -0.3 is 10.1 Å². The summed E-state index contributed by atoms with van der Waals surface area (Å²) in [4.78, 5) is 16.5. The van der Waals surface area contributed by atoms with E-state index in [1.807, 2.05) is 37.3 Å². The number of aromatic nitrogens is 1. The molecule has 0 aliphatic heterocycles. The van der Waals surface area contributed by atoms with E-state index in [0.29, 0.717) is 12.1 Å². The van der Waals surface area contributed by atoms with Gasteiger partial charge in [-0.15, -0.1) is 0 Å². The summed E-state index contributed by atoms with van der Waals surface area (Å²) in [5.41, 5.74) is 2.44. The number of rotatable bonds is 6. The molecule has 0 radical (unpaired) electrons. The van der Waals surface area contributed by atoms with E-state index in [-0.39, 0.29) is 5.91 Å². The number of aryl methyl sites for hydroxylation is 1. The van der Waals surface area contributed by atoms with Crippen LogP contribution >= 0.6 is 0 Å². The van der Waals surface area contributed by atoms with Gasteiger partial charge in [-0.25, -0.2) is 0 Å². The number of hydrogen-bond acceptors (Lipinski definition) is 3. The van der Waals surface area contributed by atoms with Crippen molar-refractivity contribution in [3.8, 4) is 5.75 Å². The second-order valence-corrected chi connectivity index (χ2v) is 5.73. The van der Waals surface area contributed by atoms with Crippen LogP contribution in [0.1, 0.15) is 34.6 Å². The molecule has 0 atom stereocenters. The molecule has 4 nitrogen and oxygen atoms in total. The number of carbonyl (C=O) groups excluding carboxylic acids is 1. The average Bonchev–Trinajstić information content (AvgIpc) is 3.35. The molecule has 1 N–H and O–H groups in total. The second-order valence-electron chi connectivity index (χ2n) is 5.73. The minimum atomic E-state index is -0.1000. The van der Waals surface area contributed by atoms with Crippen molar-refractivity contribution >= 4 is 5.91 Å². The molecule has 1 aliphatic rings. The largest absolute Gasteiger partial charge is 0.493 e. The zero-order valence-electron chi connectivity index (χ0n) is 12.7. The summed E-state index contributed by atoms with van der Waals surface area (Å²) in [7, 11) is 0. The van der Waals surface area contributed by atoms with Crippen molar-refractivity contribution < 1.29 is 9.53 Å². The first-order valence-electron chi connectivity index (χ1n) is 7.64. The molecule has 0 bridgehead atoms. The van der Waals surface area contributed by atoms with Gasteiger partial charge in [0.25, 0.3) is 5.91 Å². The Hall–Kier alpha value is -2.36. The molecule has 1 fully saturated rings. The first kappa shape index (κ1) is 14.6. The van der Waals surface area contributed by atoms with Gasteiger partial charge in [-0.1, -0.05) is 6.07 Å². The molecule has 1 aliphatic carbocycles. The number of carbonyl (C=O) groups is 1. The molecule has 1 aromatic heterocycles. The number of nitrogens with zero attached hydrogens (tertiary/aromatic N) is 1. The minimum Gasteiger partial charge on any atom is -0.493 e. The molecule has 0 saturated heterocycles. The van der Waals surface area contributed by atoms with Crippen molar-refractivity contribution in [3.63, 3.8) is 0 Å². The Morgan fingerprint density at radius 3 is 2.68 bits per heavy atom. The highest BCUT2D eigenvalue weighted by atomic mass is 16.5. The maximum Gasteiger partial charge on any atom is 0.251 e. The van der Waals surface area contributed by atoms with Crippen LogP contribution in [0.2, 0.25) is 0 Å². The molecular weight excluding hydrogens is 276 g/mol. The van der Waals surface area contributed by atoms with Gasteiger partial charge in [-0.05, 0) is 62.1 Å². The van der Waals surface area contributed by atoms with Crippen LogP contribution in [-0.4, -0.2) is 17.5 Å². The third-order valence-electron chi connectivity index (χ3n) is 3.68. The minimum absolute atomic E-state index is 0.1000. The molecule has 1 amide bonds. The van der Waals surface area contributed by atoms with Crippen molar-refractivity contribution in [1.29, 1.82) is 0 Å². The first-order chi connectivity index (χ1) is 10.7. The van der Waals surface area contributed by atoms with E-state index in [4.69, 9.17) is 4.74 Å². The fraction of sp³-hybridized carbons (Fsp3) is 0.333. The third kappa shape index (κ3) is 4.07. The third-order valence-corrected chi connectivity index (χ3v) is 3.68. The molecule has 114 valence electrons. The zero-order chi connectivity index (χ0) is 15.4. The van der Waals surface area contributed by atoms with Crippen molar-refractivity contribution in [2.75, 3.05) is 6.61 Å². The van der Waals surface area contributed by atoms with Gasteiger partial charge in [-0.3, -0.25) is 9.78 Å². The Morgan fingerprint density at radius 1 is 1.23 bits per heavy atom. The maximum atomic E-state index is 12.1. The van der Waals surface area contributed by atoms with Gasteiger partial charge in [0.1, 0.15) is 5.75 Å². The highest BCUT2D eigenvalue weighted by molar-refractivity contribution is 5.94. The standard InChI is InChI=1S/C18H20N2O2/c1-13-3-2-4-16(20-13)11-19-18(21)15-7-9-17(10-8-15)22-12-14-5-6-14/h2-4,7-10,14H,5-6,11-12H2,1H3,(H,19,21). The van der Waals surface area contributed by atoms with Crippen molar-refractivity contribution in [1.82, 2.24) is 10.3 Å². The molecule has 4 heteroatoms. The van der Waals surface area contributed by atoms with Gasteiger partial charge in [0.15, 0.2) is 0 Å². The summed E-state index contributed by atoms with van der Waals surface area (Å²) in [5.74, 6) is 1.45. The number of benzene rings is 1. The molecule has 1 heterocycles. The average molecular weight is 296 g/mol. The topological polar surface area (TPSA) is 51.2 Å². The lowest BCUT2D eigenvalue weighted by atomic mass is 10.2. The highest BCUT2D eigenvalue weighted by Gasteiger charge is 2.21. The van der Waals surface area contributed by atoms with E-state index in [1.165, 1.54) is 12.8 Å². The summed E-state index contributed by atoms with van der Waals surface area (Å²) in [5, 5.41) is 2.88. The van der Waals surface area contributed by atoms with E-state index >= 15 is 0 Å². The van der Waals surface area contributed by atoms with Gasteiger partial charge in [0.05, 0.1) is 18.8 Å². The number of nitrogens with one attached hydrogen (secondary N) is 1. The van der Waals surface area contributed by atoms with Gasteiger partial charge in [0, 0.05) is 11.3 Å². The first-order valence-corrected chi connectivity index (χ1v) is 7.64. The predicted molar refractivity (Wildman–Crippen MR) is 84.8 cm³/mol. The van der Waals surface area contributed by atoms with Crippen LogP contribution in [0.4, 0.5) is 0 Å².